The molecule has 2 aromatic carbocycles. The van der Waals surface area contributed by atoms with E-state index in [0.29, 0.717) is 11.3 Å². The number of hydroxylamine groups is 1. The van der Waals surface area contributed by atoms with Gasteiger partial charge in [0.25, 0.3) is 11.8 Å². The van der Waals surface area contributed by atoms with Crippen LogP contribution in [0.5, 0.6) is 0 Å². The third-order valence-corrected chi connectivity index (χ3v) is 5.00. The average Bonchev–Trinajstić information content (AvgIpc) is 2.88. The van der Waals surface area contributed by atoms with Gasteiger partial charge in [0.15, 0.2) is 0 Å². The second-order valence-corrected chi connectivity index (χ2v) is 7.22. The normalized spacial score (nSPS) is 10.4. The zero-order chi connectivity index (χ0) is 24.1. The molecule has 168 valence electrons. The monoisotopic (exact) mass is 454 g/mol. The molecule has 9 heteroatoms. The Labute approximate surface area is 193 Å². The van der Waals surface area contributed by atoms with Crippen LogP contribution in [-0.4, -0.2) is 38.1 Å². The first kappa shape index (κ1) is 22.3. The van der Waals surface area contributed by atoms with Gasteiger partial charge in [-0.2, -0.15) is 0 Å². The quantitative estimate of drug-likeness (QED) is 0.256. The number of nitrogens with zero attached hydrogens (tertiary/aromatic N) is 2. The highest BCUT2D eigenvalue weighted by atomic mass is 16.5. The molecule has 4 aromatic rings. The van der Waals surface area contributed by atoms with E-state index in [1.54, 1.807) is 17.9 Å². The molecule has 0 fully saturated rings. The second-order valence-electron chi connectivity index (χ2n) is 7.22. The van der Waals surface area contributed by atoms with Crippen LogP contribution in [0.4, 0.5) is 5.82 Å². The van der Waals surface area contributed by atoms with Crippen molar-refractivity contribution in [1.29, 1.82) is 0 Å². The maximum absolute atomic E-state index is 12.6. The smallest absolute Gasteiger partial charge is 0.335 e. The number of carbonyl (C=O) groups excluding carboxylic acids is 2. The molecule has 0 aliphatic heterocycles. The van der Waals surface area contributed by atoms with Crippen LogP contribution >= 0.6 is 0 Å². The number of carboxylic acids is 1. The first-order valence-corrected chi connectivity index (χ1v) is 10.1. The summed E-state index contributed by atoms with van der Waals surface area (Å²) >= 11 is 0. The Hall–Kier alpha value is -4.89. The highest BCUT2D eigenvalue weighted by Gasteiger charge is 2.14. The Morgan fingerprint density at radius 2 is 1.41 bits per heavy atom. The van der Waals surface area contributed by atoms with Gasteiger partial charge in [-0.05, 0) is 53.6 Å². The molecular weight excluding hydrogens is 436 g/mol. The van der Waals surface area contributed by atoms with Gasteiger partial charge in [0.05, 0.1) is 11.3 Å². The summed E-state index contributed by atoms with van der Waals surface area (Å²) < 4.78 is 0. The van der Waals surface area contributed by atoms with Crippen LogP contribution < -0.4 is 10.8 Å². The van der Waals surface area contributed by atoms with Crippen LogP contribution in [0.3, 0.4) is 0 Å². The van der Waals surface area contributed by atoms with Crippen molar-refractivity contribution in [1.82, 2.24) is 15.4 Å². The fourth-order valence-corrected chi connectivity index (χ4v) is 3.26. The van der Waals surface area contributed by atoms with Crippen molar-refractivity contribution in [3.8, 4) is 22.4 Å². The van der Waals surface area contributed by atoms with Gasteiger partial charge in [-0.15, -0.1) is 0 Å². The molecule has 0 saturated carbocycles. The van der Waals surface area contributed by atoms with Gasteiger partial charge in [0, 0.05) is 29.1 Å². The largest absolute Gasteiger partial charge is 0.478 e. The summed E-state index contributed by atoms with van der Waals surface area (Å²) in [5, 5.41) is 20.7. The molecule has 0 spiro atoms. The minimum Gasteiger partial charge on any atom is -0.478 e. The van der Waals surface area contributed by atoms with Crippen molar-refractivity contribution in [2.75, 3.05) is 5.32 Å². The van der Waals surface area contributed by atoms with E-state index in [2.05, 4.69) is 15.3 Å². The number of hydrogen-bond donors (Lipinski definition) is 4. The minimum absolute atomic E-state index is 0.0494. The molecule has 0 bridgehead atoms. The van der Waals surface area contributed by atoms with Crippen LogP contribution in [-0.2, 0) is 0 Å². The number of benzene rings is 2. The van der Waals surface area contributed by atoms with E-state index >= 15 is 0 Å². The Bertz CT molecular complexity index is 1350. The molecule has 2 aromatic heterocycles. The van der Waals surface area contributed by atoms with Crippen molar-refractivity contribution >= 4 is 23.6 Å². The zero-order valence-electron chi connectivity index (χ0n) is 17.6. The Kier molecular flexibility index (Phi) is 6.38. The fourth-order valence-electron chi connectivity index (χ4n) is 3.26. The van der Waals surface area contributed by atoms with E-state index in [4.69, 9.17) is 10.3 Å². The first-order valence-electron chi connectivity index (χ1n) is 10.1. The number of hydrogen-bond acceptors (Lipinski definition) is 6. The third kappa shape index (κ3) is 4.95. The molecule has 0 aliphatic rings. The highest BCUT2D eigenvalue weighted by Crippen LogP contribution is 2.25. The number of aromatic carboxylic acids is 1. The van der Waals surface area contributed by atoms with Crippen molar-refractivity contribution in [2.45, 2.75) is 0 Å². The van der Waals surface area contributed by atoms with Crippen LogP contribution in [0.15, 0.2) is 85.2 Å². The summed E-state index contributed by atoms with van der Waals surface area (Å²) in [6, 6.07) is 19.4. The van der Waals surface area contributed by atoms with E-state index in [1.165, 1.54) is 36.4 Å². The molecule has 0 aliphatic carbocycles. The van der Waals surface area contributed by atoms with Crippen LogP contribution in [0.25, 0.3) is 22.4 Å². The van der Waals surface area contributed by atoms with Gasteiger partial charge in [-0.3, -0.25) is 19.8 Å². The lowest BCUT2D eigenvalue weighted by atomic mass is 10.0. The van der Waals surface area contributed by atoms with Gasteiger partial charge in [-0.25, -0.2) is 15.3 Å². The Morgan fingerprint density at radius 1 is 0.735 bits per heavy atom. The zero-order valence-corrected chi connectivity index (χ0v) is 17.6. The SMILES string of the molecule is O=C(O)c1ccc(C(=O)Nc2cc(C(=O)NO)cc(-c3ccc(-c4cccnc4)cc3)n2)cc1. The van der Waals surface area contributed by atoms with Crippen LogP contribution in [0, 0.1) is 0 Å². The minimum atomic E-state index is -1.10. The third-order valence-electron chi connectivity index (χ3n) is 5.00. The average molecular weight is 454 g/mol. The molecule has 2 heterocycles. The summed E-state index contributed by atoms with van der Waals surface area (Å²) in [6.45, 7) is 0. The summed E-state index contributed by atoms with van der Waals surface area (Å²) in [4.78, 5) is 44.3. The molecule has 0 saturated heterocycles. The van der Waals surface area contributed by atoms with E-state index < -0.39 is 17.8 Å². The predicted octanol–water partition coefficient (Wildman–Crippen LogP) is 3.88. The van der Waals surface area contributed by atoms with Crippen molar-refractivity contribution < 1.29 is 24.7 Å². The molecule has 2 amide bonds. The topological polar surface area (TPSA) is 142 Å². The van der Waals surface area contributed by atoms with Crippen molar-refractivity contribution in [3.63, 3.8) is 0 Å². The number of pyridine rings is 2. The summed E-state index contributed by atoms with van der Waals surface area (Å²) in [5.74, 6) is -2.32. The molecule has 4 rings (SSSR count). The predicted molar refractivity (Wildman–Crippen MR) is 124 cm³/mol. The van der Waals surface area contributed by atoms with E-state index in [9.17, 15) is 14.4 Å². The summed E-state index contributed by atoms with van der Waals surface area (Å²) in [6.07, 6.45) is 3.44. The van der Waals surface area contributed by atoms with E-state index in [0.717, 1.165) is 11.1 Å². The number of anilines is 1. The van der Waals surface area contributed by atoms with Gasteiger partial charge in [0.2, 0.25) is 0 Å². The maximum Gasteiger partial charge on any atom is 0.335 e. The Morgan fingerprint density at radius 3 is 2.03 bits per heavy atom. The van der Waals surface area contributed by atoms with Gasteiger partial charge in [-0.1, -0.05) is 30.3 Å². The fraction of sp³-hybridized carbons (Fsp3) is 0. The Balaban J connectivity index is 1.64. The second kappa shape index (κ2) is 9.72. The number of amides is 2. The molecule has 0 unspecified atom stereocenters. The molecule has 0 atom stereocenters. The molecule has 34 heavy (non-hydrogen) atoms. The van der Waals surface area contributed by atoms with E-state index in [-0.39, 0.29) is 22.5 Å². The summed E-state index contributed by atoms with van der Waals surface area (Å²) in [7, 11) is 0. The van der Waals surface area contributed by atoms with Gasteiger partial charge < -0.3 is 10.4 Å². The van der Waals surface area contributed by atoms with Crippen molar-refractivity contribution in [3.05, 3.63) is 102 Å². The molecular formula is C25H18N4O5. The van der Waals surface area contributed by atoms with Crippen LogP contribution in [0.1, 0.15) is 31.1 Å². The highest BCUT2D eigenvalue weighted by molar-refractivity contribution is 6.05. The maximum atomic E-state index is 12.6. The number of carboxylic acid groups (broad SMARTS) is 1. The lowest BCUT2D eigenvalue weighted by molar-refractivity contribution is 0.0693. The lowest BCUT2D eigenvalue weighted by Gasteiger charge is -2.10. The van der Waals surface area contributed by atoms with Crippen LogP contribution in [0.2, 0.25) is 0 Å². The number of carbonyl (C=O) groups is 3. The molecule has 9 nitrogen and oxygen atoms in total. The molecule has 4 N–H and O–H groups in total. The number of aromatic nitrogens is 2. The summed E-state index contributed by atoms with van der Waals surface area (Å²) in [5.41, 5.74) is 4.89. The first-order chi connectivity index (χ1) is 16.4. The molecule has 0 radical (unpaired) electrons. The number of rotatable bonds is 6. The van der Waals surface area contributed by atoms with Gasteiger partial charge >= 0.3 is 5.97 Å². The van der Waals surface area contributed by atoms with Gasteiger partial charge in [0.1, 0.15) is 5.82 Å². The standard InChI is InChI=1S/C25H18N4O5/c30-23(17-7-9-18(10-8-17)25(32)33)28-22-13-20(24(31)29-34)12-21(27-22)16-5-3-15(4-6-16)19-2-1-11-26-14-19/h1-14,34H,(H,29,31)(H,32,33)(H,27,28,30). The van der Waals surface area contributed by atoms with Crippen molar-refractivity contribution in [2.24, 2.45) is 0 Å². The number of nitrogens with one attached hydrogen (secondary N) is 2. The van der Waals surface area contributed by atoms with E-state index in [1.807, 2.05) is 36.4 Å². The lowest BCUT2D eigenvalue weighted by Crippen LogP contribution is -2.20.